The van der Waals surface area contributed by atoms with Crippen LogP contribution in [0.3, 0.4) is 0 Å². The zero-order valence-corrected chi connectivity index (χ0v) is 14.3. The van der Waals surface area contributed by atoms with Crippen LogP contribution in [0.1, 0.15) is 38.5 Å². The Kier molecular flexibility index (Phi) is 3.45. The quantitative estimate of drug-likeness (QED) is 0.321. The van der Waals surface area contributed by atoms with E-state index < -0.39 is 0 Å². The molecule has 6 atom stereocenters. The number of fused-ring (bicyclic) bond motifs is 8. The van der Waals surface area contributed by atoms with Crippen molar-refractivity contribution in [2.24, 2.45) is 35.5 Å². The maximum absolute atomic E-state index is 12.6. The summed E-state index contributed by atoms with van der Waals surface area (Å²) in [5.74, 6) is 0.823. The predicted molar refractivity (Wildman–Crippen MR) is 89.1 cm³/mol. The molecule has 0 radical (unpaired) electrons. The predicted octanol–water partition coefficient (Wildman–Crippen LogP) is 3.10. The van der Waals surface area contributed by atoms with Crippen molar-refractivity contribution in [3.05, 3.63) is 11.1 Å². The largest absolute Gasteiger partial charge is 0.438 e. The topological polar surface area (TPSA) is 52.6 Å². The summed E-state index contributed by atoms with van der Waals surface area (Å²) in [6.07, 6.45) is 9.10. The van der Waals surface area contributed by atoms with Gasteiger partial charge in [-0.05, 0) is 68.4 Å². The third kappa shape index (κ3) is 2.03. The molecule has 0 spiro atoms. The van der Waals surface area contributed by atoms with Crippen LogP contribution < -0.4 is 0 Å². The van der Waals surface area contributed by atoms with Crippen molar-refractivity contribution < 1.29 is 19.0 Å². The normalized spacial score (nSPS) is 44.0. The van der Waals surface area contributed by atoms with Crippen molar-refractivity contribution in [1.29, 1.82) is 0 Å². The van der Waals surface area contributed by atoms with E-state index in [0.29, 0.717) is 18.8 Å². The first-order valence-electron chi connectivity index (χ1n) is 9.67. The fraction of sp³-hybridized carbons (Fsp3) is 0.789. The lowest BCUT2D eigenvalue weighted by molar-refractivity contribution is -0.154. The molecule has 128 valence electrons. The van der Waals surface area contributed by atoms with Gasteiger partial charge in [0.1, 0.15) is 0 Å². The summed E-state index contributed by atoms with van der Waals surface area (Å²) in [6.45, 7) is 0.316. The first-order chi connectivity index (χ1) is 11.7. The van der Waals surface area contributed by atoms with Crippen LogP contribution in [0.15, 0.2) is 11.1 Å². The number of esters is 2. The Balaban J connectivity index is 1.61. The van der Waals surface area contributed by atoms with E-state index >= 15 is 0 Å². The molecule has 0 aromatic carbocycles. The zero-order valence-electron chi connectivity index (χ0n) is 14.3. The average Bonchev–Trinajstić information content (AvgIpc) is 2.89. The smallest absolute Gasteiger partial charge is 0.318 e. The molecule has 0 unspecified atom stereocenters. The van der Waals surface area contributed by atoms with Gasteiger partial charge >= 0.3 is 11.9 Å². The Bertz CT molecular complexity index is 627. The number of hydrogen-bond donors (Lipinski definition) is 0. The van der Waals surface area contributed by atoms with Gasteiger partial charge in [-0.15, -0.1) is 0 Å². The van der Waals surface area contributed by atoms with Gasteiger partial charge in [0.05, 0.1) is 11.8 Å². The van der Waals surface area contributed by atoms with E-state index in [2.05, 4.69) is 0 Å². The number of allylic oxidation sites excluding steroid dienone is 2. The van der Waals surface area contributed by atoms with E-state index in [4.69, 9.17) is 9.39 Å². The standard InChI is InChI=1S/C19H25BO4/c1-23-20-8-10-6-11(9-20)15-14(7-10)12-4-2-3-5-13(12)16-17(15)19(22)24-18(16)21/h10-11,13,15-17H,2-9H2,1H3/t10-,11-,13+,15+,16+,17-/m1/s1. The molecule has 2 saturated carbocycles. The highest BCUT2D eigenvalue weighted by molar-refractivity contribution is 6.52. The number of rotatable bonds is 1. The van der Waals surface area contributed by atoms with Gasteiger partial charge in [0.2, 0.25) is 0 Å². The first-order valence-corrected chi connectivity index (χ1v) is 9.67. The molecule has 0 aromatic heterocycles. The highest BCUT2D eigenvalue weighted by Crippen LogP contribution is 2.60. The Labute approximate surface area is 143 Å². The van der Waals surface area contributed by atoms with Crippen LogP contribution in [0.25, 0.3) is 0 Å². The number of ether oxygens (including phenoxy) is 1. The Hall–Kier alpha value is -1.10. The molecular weight excluding hydrogens is 303 g/mol. The van der Waals surface area contributed by atoms with Crippen LogP contribution >= 0.6 is 0 Å². The lowest BCUT2D eigenvalue weighted by Crippen LogP contribution is -2.48. The molecular formula is C19H25BO4. The van der Waals surface area contributed by atoms with Gasteiger partial charge in [0.25, 0.3) is 6.92 Å². The zero-order chi connectivity index (χ0) is 16.4. The summed E-state index contributed by atoms with van der Waals surface area (Å²) >= 11 is 0. The second kappa shape index (κ2) is 5.45. The molecule has 2 saturated heterocycles. The highest BCUT2D eigenvalue weighted by atomic mass is 16.6. The van der Waals surface area contributed by atoms with Gasteiger partial charge in [0, 0.05) is 7.11 Å². The van der Waals surface area contributed by atoms with Gasteiger partial charge in [-0.25, -0.2) is 0 Å². The fourth-order valence-corrected chi connectivity index (χ4v) is 6.81. The summed E-state index contributed by atoms with van der Waals surface area (Å²) in [6, 6.07) is 0. The molecule has 2 aliphatic heterocycles. The van der Waals surface area contributed by atoms with Crippen LogP contribution in [0, 0.1) is 35.5 Å². The van der Waals surface area contributed by atoms with Gasteiger partial charge in [-0.1, -0.05) is 17.6 Å². The van der Waals surface area contributed by atoms with E-state index in [1.54, 1.807) is 18.3 Å². The first kappa shape index (κ1) is 15.2. The lowest BCUT2D eigenvalue weighted by atomic mass is 9.42. The molecule has 5 rings (SSSR count). The molecule has 0 amide bonds. The van der Waals surface area contributed by atoms with Crippen molar-refractivity contribution >= 4 is 18.9 Å². The van der Waals surface area contributed by atoms with Crippen molar-refractivity contribution in [3.8, 4) is 0 Å². The molecule has 24 heavy (non-hydrogen) atoms. The summed E-state index contributed by atoms with van der Waals surface area (Å²) in [4.78, 5) is 25.0. The van der Waals surface area contributed by atoms with E-state index in [0.717, 1.165) is 31.9 Å². The molecule has 4 fully saturated rings. The van der Waals surface area contributed by atoms with E-state index in [1.807, 2.05) is 0 Å². The molecule has 0 N–H and O–H groups in total. The third-order valence-electron chi connectivity index (χ3n) is 7.57. The van der Waals surface area contributed by atoms with Crippen molar-refractivity contribution in [1.82, 2.24) is 0 Å². The van der Waals surface area contributed by atoms with Crippen LogP contribution in [0.5, 0.6) is 0 Å². The summed E-state index contributed by atoms with van der Waals surface area (Å²) in [7, 11) is 1.80. The van der Waals surface area contributed by atoms with Gasteiger partial charge in [0.15, 0.2) is 0 Å². The summed E-state index contributed by atoms with van der Waals surface area (Å²) in [5.41, 5.74) is 3.10. The highest BCUT2D eigenvalue weighted by Gasteiger charge is 2.60. The summed E-state index contributed by atoms with van der Waals surface area (Å²) < 4.78 is 10.8. The summed E-state index contributed by atoms with van der Waals surface area (Å²) in [5, 5.41) is 0. The number of carbonyl (C=O) groups is 2. The fourth-order valence-electron chi connectivity index (χ4n) is 6.81. The van der Waals surface area contributed by atoms with Crippen molar-refractivity contribution in [3.63, 3.8) is 0 Å². The molecule has 3 aliphatic carbocycles. The minimum absolute atomic E-state index is 0.193. The minimum Gasteiger partial charge on any atom is -0.438 e. The maximum Gasteiger partial charge on any atom is 0.318 e. The van der Waals surface area contributed by atoms with E-state index in [-0.39, 0.29) is 35.6 Å². The molecule has 2 heterocycles. The van der Waals surface area contributed by atoms with E-state index in [9.17, 15) is 9.59 Å². The molecule has 4 nitrogen and oxygen atoms in total. The average molecular weight is 328 g/mol. The van der Waals surface area contributed by atoms with Crippen LogP contribution in [0.4, 0.5) is 0 Å². The SMILES string of the molecule is COB1C[C@H]2CC3=C4CCCC[C@@H]4[C@@H]4C(=O)OC(=O)[C@@H]4[C@H]3[C@@H](C1)C2. The molecule has 0 aromatic rings. The third-order valence-corrected chi connectivity index (χ3v) is 7.57. The number of carbonyl (C=O) groups excluding carboxylic acids is 2. The molecule has 2 bridgehead atoms. The Morgan fingerprint density at radius 1 is 1.04 bits per heavy atom. The lowest BCUT2D eigenvalue weighted by Gasteiger charge is -2.51. The van der Waals surface area contributed by atoms with Crippen molar-refractivity contribution in [2.75, 3.05) is 7.11 Å². The maximum atomic E-state index is 12.6. The molecule has 5 aliphatic rings. The van der Waals surface area contributed by atoms with Crippen LogP contribution in [-0.2, 0) is 19.0 Å². The Morgan fingerprint density at radius 2 is 1.88 bits per heavy atom. The monoisotopic (exact) mass is 328 g/mol. The van der Waals surface area contributed by atoms with Gasteiger partial charge in [-0.3, -0.25) is 9.59 Å². The van der Waals surface area contributed by atoms with Crippen molar-refractivity contribution in [2.45, 2.75) is 51.2 Å². The van der Waals surface area contributed by atoms with Crippen LogP contribution in [0.2, 0.25) is 12.6 Å². The Morgan fingerprint density at radius 3 is 2.71 bits per heavy atom. The number of cyclic esters (lactones) is 2. The molecule has 5 heteroatoms. The minimum atomic E-state index is -0.241. The second-order valence-electron chi connectivity index (χ2n) is 8.62. The van der Waals surface area contributed by atoms with E-state index in [1.165, 1.54) is 19.3 Å². The van der Waals surface area contributed by atoms with Crippen LogP contribution in [-0.4, -0.2) is 26.0 Å². The second-order valence-corrected chi connectivity index (χ2v) is 8.62. The van der Waals surface area contributed by atoms with Gasteiger partial charge in [-0.2, -0.15) is 0 Å². The number of hydrogen-bond acceptors (Lipinski definition) is 4. The van der Waals surface area contributed by atoms with Gasteiger partial charge < -0.3 is 9.39 Å².